The number of carbonyl (C=O) groups excluding carboxylic acids is 2. The van der Waals surface area contributed by atoms with Crippen LogP contribution in [0.15, 0.2) is 40.9 Å². The molecule has 0 N–H and O–H groups in total. The Labute approximate surface area is 113 Å². The van der Waals surface area contributed by atoms with Crippen LogP contribution in [-0.4, -0.2) is 29.9 Å². The fourth-order valence-corrected chi connectivity index (χ4v) is 2.00. The van der Waals surface area contributed by atoms with Gasteiger partial charge in [0.1, 0.15) is 5.75 Å². The Morgan fingerprint density at radius 3 is 2.56 bits per heavy atom. The Kier molecular flexibility index (Phi) is 4.15. The highest BCUT2D eigenvalue weighted by Crippen LogP contribution is 2.17. The summed E-state index contributed by atoms with van der Waals surface area (Å²) in [6.07, 6.45) is 3.20. The first-order valence-corrected chi connectivity index (χ1v) is 6.38. The maximum Gasteiger partial charge on any atom is 0.253 e. The van der Waals surface area contributed by atoms with Gasteiger partial charge in [0.2, 0.25) is 0 Å². The van der Waals surface area contributed by atoms with Crippen LogP contribution in [0.4, 0.5) is 0 Å². The van der Waals surface area contributed by atoms with Crippen LogP contribution in [0.2, 0.25) is 0 Å². The Balaban J connectivity index is 1.73. The Bertz CT molecular complexity index is 481. The van der Waals surface area contributed by atoms with E-state index in [0.717, 1.165) is 10.2 Å². The van der Waals surface area contributed by atoms with E-state index in [4.69, 9.17) is 4.74 Å². The first-order chi connectivity index (χ1) is 8.66. The van der Waals surface area contributed by atoms with Crippen molar-refractivity contribution in [1.29, 1.82) is 0 Å². The molecule has 0 saturated carbocycles. The summed E-state index contributed by atoms with van der Waals surface area (Å²) in [6.45, 7) is 0.853. The van der Waals surface area contributed by atoms with Gasteiger partial charge in [-0.3, -0.25) is 14.5 Å². The Morgan fingerprint density at radius 2 is 1.89 bits per heavy atom. The molecule has 1 aliphatic rings. The summed E-state index contributed by atoms with van der Waals surface area (Å²) in [7, 11) is 0. The minimum absolute atomic E-state index is 0.248. The number of amides is 2. The molecule has 1 aromatic carbocycles. The molecular weight excluding hydrogens is 298 g/mol. The number of carbonyl (C=O) groups is 2. The predicted molar refractivity (Wildman–Crippen MR) is 70.1 cm³/mol. The summed E-state index contributed by atoms with van der Waals surface area (Å²) < 4.78 is 6.47. The molecule has 0 aliphatic carbocycles. The van der Waals surface area contributed by atoms with Gasteiger partial charge in [-0.05, 0) is 24.6 Å². The third kappa shape index (κ3) is 3.20. The number of imide groups is 1. The monoisotopic (exact) mass is 309 g/mol. The fraction of sp³-hybridized carbons (Fsp3) is 0.231. The summed E-state index contributed by atoms with van der Waals surface area (Å²) in [4.78, 5) is 23.7. The standard InChI is InChI=1S/C13H12BrNO3/c14-10-3-1-4-11(9-10)18-8-2-7-15-12(16)5-6-13(15)17/h1,3-6,9H,2,7-8H2. The largest absolute Gasteiger partial charge is 0.493 e. The first kappa shape index (κ1) is 12.8. The molecule has 2 rings (SSSR count). The van der Waals surface area contributed by atoms with Crippen LogP contribution in [0.25, 0.3) is 0 Å². The normalized spacial score (nSPS) is 14.4. The summed E-state index contributed by atoms with van der Waals surface area (Å²) in [6, 6.07) is 7.53. The molecule has 4 nitrogen and oxygen atoms in total. The SMILES string of the molecule is O=C1C=CC(=O)N1CCCOc1cccc(Br)c1. The summed E-state index contributed by atoms with van der Waals surface area (Å²) in [5.41, 5.74) is 0. The Hall–Kier alpha value is -1.62. The molecule has 0 aromatic heterocycles. The molecule has 0 bridgehead atoms. The predicted octanol–water partition coefficient (Wildman–Crippen LogP) is 2.14. The molecule has 5 heteroatoms. The van der Waals surface area contributed by atoms with Gasteiger partial charge in [-0.25, -0.2) is 0 Å². The van der Waals surface area contributed by atoms with Gasteiger partial charge in [0.15, 0.2) is 0 Å². The molecule has 94 valence electrons. The second-order valence-corrected chi connectivity index (χ2v) is 4.74. The molecule has 2 amide bonds. The number of ether oxygens (including phenoxy) is 1. The highest BCUT2D eigenvalue weighted by atomic mass is 79.9. The lowest BCUT2D eigenvalue weighted by Crippen LogP contribution is -2.31. The van der Waals surface area contributed by atoms with Crippen LogP contribution in [0.5, 0.6) is 5.75 Å². The second kappa shape index (κ2) is 5.82. The van der Waals surface area contributed by atoms with E-state index < -0.39 is 0 Å². The third-order valence-electron chi connectivity index (χ3n) is 2.49. The van der Waals surface area contributed by atoms with Gasteiger partial charge in [-0.1, -0.05) is 22.0 Å². The smallest absolute Gasteiger partial charge is 0.253 e. The summed E-state index contributed by atoms with van der Waals surface area (Å²) >= 11 is 3.35. The molecule has 18 heavy (non-hydrogen) atoms. The molecule has 0 atom stereocenters. The van der Waals surface area contributed by atoms with Crippen LogP contribution in [-0.2, 0) is 9.59 Å². The van der Waals surface area contributed by atoms with Crippen molar-refractivity contribution >= 4 is 27.7 Å². The topological polar surface area (TPSA) is 46.6 Å². The lowest BCUT2D eigenvalue weighted by Gasteiger charge is -2.13. The summed E-state index contributed by atoms with van der Waals surface area (Å²) in [5, 5.41) is 0. The molecule has 0 fully saturated rings. The quantitative estimate of drug-likeness (QED) is 0.618. The second-order valence-electron chi connectivity index (χ2n) is 3.82. The van der Waals surface area contributed by atoms with Crippen molar-refractivity contribution < 1.29 is 14.3 Å². The van der Waals surface area contributed by atoms with Crippen LogP contribution in [0.3, 0.4) is 0 Å². The van der Waals surface area contributed by atoms with Crippen molar-refractivity contribution in [2.24, 2.45) is 0 Å². The van der Waals surface area contributed by atoms with Crippen molar-refractivity contribution in [2.75, 3.05) is 13.2 Å². The van der Waals surface area contributed by atoms with E-state index in [1.54, 1.807) is 0 Å². The van der Waals surface area contributed by atoms with E-state index in [1.807, 2.05) is 24.3 Å². The number of benzene rings is 1. The van der Waals surface area contributed by atoms with E-state index >= 15 is 0 Å². The fourth-order valence-electron chi connectivity index (χ4n) is 1.62. The lowest BCUT2D eigenvalue weighted by molar-refractivity contribution is -0.136. The minimum atomic E-state index is -0.248. The highest BCUT2D eigenvalue weighted by molar-refractivity contribution is 9.10. The van der Waals surface area contributed by atoms with Gasteiger partial charge in [0, 0.05) is 23.2 Å². The lowest BCUT2D eigenvalue weighted by atomic mass is 10.3. The maximum absolute atomic E-state index is 11.3. The van der Waals surface area contributed by atoms with E-state index in [0.29, 0.717) is 19.6 Å². The van der Waals surface area contributed by atoms with Gasteiger partial charge in [0.25, 0.3) is 11.8 Å². The van der Waals surface area contributed by atoms with Crippen molar-refractivity contribution in [3.8, 4) is 5.75 Å². The molecule has 0 radical (unpaired) electrons. The van der Waals surface area contributed by atoms with Gasteiger partial charge in [0.05, 0.1) is 6.61 Å². The van der Waals surface area contributed by atoms with Crippen molar-refractivity contribution in [1.82, 2.24) is 4.90 Å². The number of halogens is 1. The van der Waals surface area contributed by atoms with Gasteiger partial charge >= 0.3 is 0 Å². The number of hydrogen-bond acceptors (Lipinski definition) is 3. The van der Waals surface area contributed by atoms with Crippen molar-refractivity contribution in [2.45, 2.75) is 6.42 Å². The average molecular weight is 310 g/mol. The van der Waals surface area contributed by atoms with E-state index in [9.17, 15) is 9.59 Å². The third-order valence-corrected chi connectivity index (χ3v) is 2.98. The zero-order valence-corrected chi connectivity index (χ0v) is 11.2. The highest BCUT2D eigenvalue weighted by Gasteiger charge is 2.22. The average Bonchev–Trinajstić information content (AvgIpc) is 2.66. The van der Waals surface area contributed by atoms with E-state index in [-0.39, 0.29) is 11.8 Å². The molecule has 1 aliphatic heterocycles. The van der Waals surface area contributed by atoms with E-state index in [1.165, 1.54) is 17.1 Å². The van der Waals surface area contributed by atoms with Gasteiger partial charge < -0.3 is 4.74 Å². The molecule has 0 saturated heterocycles. The zero-order chi connectivity index (χ0) is 13.0. The molecular formula is C13H12BrNO3. The van der Waals surface area contributed by atoms with Gasteiger partial charge in [-0.15, -0.1) is 0 Å². The van der Waals surface area contributed by atoms with Crippen LogP contribution in [0.1, 0.15) is 6.42 Å². The van der Waals surface area contributed by atoms with Crippen LogP contribution in [0, 0.1) is 0 Å². The van der Waals surface area contributed by atoms with Gasteiger partial charge in [-0.2, -0.15) is 0 Å². The summed E-state index contributed by atoms with van der Waals surface area (Å²) in [5.74, 6) is 0.270. The number of nitrogens with zero attached hydrogens (tertiary/aromatic N) is 1. The van der Waals surface area contributed by atoms with Crippen molar-refractivity contribution in [3.05, 3.63) is 40.9 Å². The molecule has 1 heterocycles. The molecule has 0 spiro atoms. The first-order valence-electron chi connectivity index (χ1n) is 5.59. The van der Waals surface area contributed by atoms with Crippen LogP contribution >= 0.6 is 15.9 Å². The Morgan fingerprint density at radius 1 is 1.17 bits per heavy atom. The van der Waals surface area contributed by atoms with Crippen molar-refractivity contribution in [3.63, 3.8) is 0 Å². The van der Waals surface area contributed by atoms with E-state index in [2.05, 4.69) is 15.9 Å². The minimum Gasteiger partial charge on any atom is -0.493 e. The molecule has 0 unspecified atom stereocenters. The maximum atomic E-state index is 11.3. The van der Waals surface area contributed by atoms with Crippen LogP contribution < -0.4 is 4.74 Å². The number of rotatable bonds is 5. The zero-order valence-electron chi connectivity index (χ0n) is 9.64. The number of hydrogen-bond donors (Lipinski definition) is 0. The molecule has 1 aromatic rings.